The second-order valence-corrected chi connectivity index (χ2v) is 4.50. The summed E-state index contributed by atoms with van der Waals surface area (Å²) in [5.74, 6) is 0.529. The molecule has 0 aliphatic carbocycles. The largest absolute Gasteiger partial charge is 0.337 e. The minimum atomic E-state index is -0.267. The molecule has 0 saturated carbocycles. The van der Waals surface area contributed by atoms with Crippen molar-refractivity contribution < 1.29 is 9.32 Å². The van der Waals surface area contributed by atoms with E-state index in [1.807, 2.05) is 0 Å². The number of hydrogen-bond acceptors (Lipinski definition) is 7. The molecule has 8 nitrogen and oxygen atoms in total. The van der Waals surface area contributed by atoms with Gasteiger partial charge < -0.3 is 9.42 Å². The van der Waals surface area contributed by atoms with Gasteiger partial charge in [-0.25, -0.2) is 4.98 Å². The molecule has 3 aromatic rings. The van der Waals surface area contributed by atoms with Gasteiger partial charge in [0.15, 0.2) is 0 Å². The molecule has 0 aliphatic rings. The van der Waals surface area contributed by atoms with E-state index in [-0.39, 0.29) is 18.1 Å². The molecule has 3 aromatic heterocycles. The molecule has 22 heavy (non-hydrogen) atoms. The highest BCUT2D eigenvalue weighted by Crippen LogP contribution is 2.14. The molecule has 0 radical (unpaired) electrons. The number of amides is 1. The Morgan fingerprint density at radius 3 is 2.73 bits per heavy atom. The van der Waals surface area contributed by atoms with Crippen molar-refractivity contribution in [2.75, 3.05) is 7.05 Å². The van der Waals surface area contributed by atoms with Crippen LogP contribution in [0.25, 0.3) is 11.4 Å². The van der Waals surface area contributed by atoms with Crippen LogP contribution < -0.4 is 0 Å². The maximum absolute atomic E-state index is 12.2. The molecule has 8 heteroatoms. The van der Waals surface area contributed by atoms with E-state index >= 15 is 0 Å². The zero-order valence-electron chi connectivity index (χ0n) is 11.7. The lowest BCUT2D eigenvalue weighted by molar-refractivity contribution is 0.0763. The van der Waals surface area contributed by atoms with E-state index < -0.39 is 0 Å². The van der Waals surface area contributed by atoms with Crippen molar-refractivity contribution in [3.05, 3.63) is 54.7 Å². The number of rotatable bonds is 4. The summed E-state index contributed by atoms with van der Waals surface area (Å²) in [6.45, 7) is 0.188. The lowest BCUT2D eigenvalue weighted by atomic mass is 10.2. The summed E-state index contributed by atoms with van der Waals surface area (Å²) in [5.41, 5.74) is 1.06. The van der Waals surface area contributed by atoms with Crippen LogP contribution in [0, 0.1) is 0 Å². The first-order valence-corrected chi connectivity index (χ1v) is 6.48. The standard InChI is InChI=1S/C14H12N6O2/c1-20(14(21)11-8-16-6-7-17-11)9-12-18-13(19-22-12)10-2-4-15-5-3-10/h2-8H,9H2,1H3. The lowest BCUT2D eigenvalue weighted by Gasteiger charge is -2.13. The van der Waals surface area contributed by atoms with Crippen LogP contribution in [0.2, 0.25) is 0 Å². The first-order chi connectivity index (χ1) is 10.7. The highest BCUT2D eigenvalue weighted by Gasteiger charge is 2.17. The fourth-order valence-corrected chi connectivity index (χ4v) is 1.82. The summed E-state index contributed by atoms with van der Waals surface area (Å²) < 4.78 is 5.16. The molecule has 1 amide bonds. The molecular weight excluding hydrogens is 284 g/mol. The van der Waals surface area contributed by atoms with Crippen LogP contribution in [-0.4, -0.2) is 42.9 Å². The van der Waals surface area contributed by atoms with Crippen LogP contribution in [0.3, 0.4) is 0 Å². The van der Waals surface area contributed by atoms with Gasteiger partial charge in [0.25, 0.3) is 5.91 Å². The Labute approximate surface area is 125 Å². The Hall–Kier alpha value is -3.16. The zero-order chi connectivity index (χ0) is 15.4. The second-order valence-electron chi connectivity index (χ2n) is 4.50. The van der Waals surface area contributed by atoms with E-state index in [0.717, 1.165) is 5.56 Å². The molecule has 0 N–H and O–H groups in total. The molecule has 110 valence electrons. The molecular formula is C14H12N6O2. The van der Waals surface area contributed by atoms with Crippen LogP contribution in [-0.2, 0) is 6.54 Å². The van der Waals surface area contributed by atoms with Crippen molar-refractivity contribution in [1.29, 1.82) is 0 Å². The normalized spacial score (nSPS) is 10.4. The molecule has 3 rings (SSSR count). The summed E-state index contributed by atoms with van der Waals surface area (Å²) >= 11 is 0. The van der Waals surface area contributed by atoms with Gasteiger partial charge >= 0.3 is 0 Å². The Balaban J connectivity index is 1.71. The number of hydrogen-bond donors (Lipinski definition) is 0. The Kier molecular flexibility index (Phi) is 3.82. The molecule has 0 atom stereocenters. The van der Waals surface area contributed by atoms with Crippen LogP contribution in [0.15, 0.2) is 47.6 Å². The minimum absolute atomic E-state index is 0.188. The molecule has 0 bridgehead atoms. The van der Waals surface area contributed by atoms with Gasteiger partial charge in [-0.3, -0.25) is 14.8 Å². The van der Waals surface area contributed by atoms with Gasteiger partial charge in [-0.15, -0.1) is 0 Å². The van der Waals surface area contributed by atoms with Gasteiger partial charge in [0, 0.05) is 37.4 Å². The molecule has 0 aromatic carbocycles. The monoisotopic (exact) mass is 296 g/mol. The van der Waals surface area contributed by atoms with Crippen molar-refractivity contribution in [3.8, 4) is 11.4 Å². The summed E-state index contributed by atoms with van der Waals surface area (Å²) in [4.78, 5) is 29.6. The lowest BCUT2D eigenvalue weighted by Crippen LogP contribution is -2.27. The van der Waals surface area contributed by atoms with Crippen LogP contribution in [0.1, 0.15) is 16.4 Å². The summed E-state index contributed by atoms with van der Waals surface area (Å²) in [5, 5.41) is 3.89. The third kappa shape index (κ3) is 2.95. The van der Waals surface area contributed by atoms with Gasteiger partial charge in [-0.05, 0) is 12.1 Å². The first-order valence-electron chi connectivity index (χ1n) is 6.48. The number of carbonyl (C=O) groups excluding carboxylic acids is 1. The average Bonchev–Trinajstić information content (AvgIpc) is 3.04. The third-order valence-corrected chi connectivity index (χ3v) is 2.91. The van der Waals surface area contributed by atoms with Gasteiger partial charge in [-0.1, -0.05) is 5.16 Å². The highest BCUT2D eigenvalue weighted by molar-refractivity contribution is 5.91. The Bertz CT molecular complexity index is 759. The predicted molar refractivity (Wildman–Crippen MR) is 75.4 cm³/mol. The van der Waals surface area contributed by atoms with Crippen molar-refractivity contribution in [1.82, 2.24) is 30.0 Å². The summed E-state index contributed by atoms with van der Waals surface area (Å²) in [7, 11) is 1.63. The average molecular weight is 296 g/mol. The molecule has 0 aliphatic heterocycles. The topological polar surface area (TPSA) is 97.9 Å². The summed E-state index contributed by atoms with van der Waals surface area (Å²) in [6.07, 6.45) is 7.68. The van der Waals surface area contributed by atoms with Crippen molar-refractivity contribution in [2.45, 2.75) is 6.54 Å². The fraction of sp³-hybridized carbons (Fsp3) is 0.143. The van der Waals surface area contributed by atoms with E-state index in [2.05, 4.69) is 25.1 Å². The molecule has 0 unspecified atom stereocenters. The number of carbonyl (C=O) groups is 1. The fourth-order valence-electron chi connectivity index (χ4n) is 1.82. The van der Waals surface area contributed by atoms with Gasteiger partial charge in [0.2, 0.25) is 11.7 Å². The van der Waals surface area contributed by atoms with Crippen LogP contribution in [0.5, 0.6) is 0 Å². The quantitative estimate of drug-likeness (QED) is 0.713. The zero-order valence-corrected chi connectivity index (χ0v) is 11.7. The summed E-state index contributed by atoms with van der Waals surface area (Å²) in [6, 6.07) is 3.56. The van der Waals surface area contributed by atoms with Crippen LogP contribution in [0.4, 0.5) is 0 Å². The first kappa shape index (κ1) is 13.8. The minimum Gasteiger partial charge on any atom is -0.337 e. The van der Waals surface area contributed by atoms with E-state index in [4.69, 9.17) is 4.52 Å². The molecule has 0 saturated heterocycles. The number of pyridine rings is 1. The Morgan fingerprint density at radius 1 is 1.18 bits per heavy atom. The van der Waals surface area contributed by atoms with E-state index in [0.29, 0.717) is 11.7 Å². The van der Waals surface area contributed by atoms with Gasteiger partial charge in [-0.2, -0.15) is 4.98 Å². The smallest absolute Gasteiger partial charge is 0.274 e. The molecule has 3 heterocycles. The van der Waals surface area contributed by atoms with Gasteiger partial charge in [0.1, 0.15) is 12.2 Å². The highest BCUT2D eigenvalue weighted by atomic mass is 16.5. The van der Waals surface area contributed by atoms with Gasteiger partial charge in [0.05, 0.1) is 6.20 Å². The van der Waals surface area contributed by atoms with E-state index in [1.54, 1.807) is 31.6 Å². The SMILES string of the molecule is CN(Cc1nc(-c2ccncc2)no1)C(=O)c1cnccn1. The van der Waals surface area contributed by atoms with E-state index in [1.165, 1.54) is 23.5 Å². The van der Waals surface area contributed by atoms with Crippen molar-refractivity contribution in [3.63, 3.8) is 0 Å². The van der Waals surface area contributed by atoms with E-state index in [9.17, 15) is 4.79 Å². The number of nitrogens with zero attached hydrogens (tertiary/aromatic N) is 6. The maximum Gasteiger partial charge on any atom is 0.274 e. The van der Waals surface area contributed by atoms with Crippen LogP contribution >= 0.6 is 0 Å². The predicted octanol–water partition coefficient (Wildman–Crippen LogP) is 1.19. The Morgan fingerprint density at radius 2 is 2.00 bits per heavy atom. The maximum atomic E-state index is 12.2. The second kappa shape index (κ2) is 6.08. The van der Waals surface area contributed by atoms with Crippen molar-refractivity contribution in [2.24, 2.45) is 0 Å². The molecule has 0 fully saturated rings. The number of aromatic nitrogens is 5. The third-order valence-electron chi connectivity index (χ3n) is 2.91. The molecule has 0 spiro atoms. The van der Waals surface area contributed by atoms with Crippen molar-refractivity contribution >= 4 is 5.91 Å².